The Labute approximate surface area is 193 Å². The van der Waals surface area contributed by atoms with Crippen LogP contribution in [0.15, 0.2) is 40.6 Å². The summed E-state index contributed by atoms with van der Waals surface area (Å²) in [6.45, 7) is 2.36. The molecule has 0 radical (unpaired) electrons. The van der Waals surface area contributed by atoms with Crippen LogP contribution >= 0.6 is 11.3 Å². The van der Waals surface area contributed by atoms with Crippen molar-refractivity contribution in [3.05, 3.63) is 41.3 Å². The van der Waals surface area contributed by atoms with Crippen LogP contribution in [0.1, 0.15) is 43.4 Å². The Morgan fingerprint density at radius 2 is 1.91 bits per heavy atom. The molecule has 1 N–H and O–H groups in total. The van der Waals surface area contributed by atoms with Gasteiger partial charge in [-0.05, 0) is 56.4 Å². The van der Waals surface area contributed by atoms with Gasteiger partial charge in [0, 0.05) is 24.6 Å². The van der Waals surface area contributed by atoms with E-state index in [9.17, 15) is 13.2 Å². The number of carbonyl (C=O) groups is 1. The number of nitrogens with zero attached hydrogens (tertiary/aromatic N) is 1. The van der Waals surface area contributed by atoms with E-state index in [0.717, 1.165) is 45.1 Å². The van der Waals surface area contributed by atoms with Crippen molar-refractivity contribution in [1.82, 2.24) is 4.31 Å². The Morgan fingerprint density at radius 1 is 1.09 bits per heavy atom. The van der Waals surface area contributed by atoms with Crippen molar-refractivity contribution in [3.8, 4) is 5.75 Å². The van der Waals surface area contributed by atoms with Gasteiger partial charge in [-0.25, -0.2) is 8.42 Å². The number of hydrogen-bond acceptors (Lipinski definition) is 6. The molecule has 2 aromatic rings. The molecule has 1 aromatic carbocycles. The molecule has 2 aliphatic rings. The Balaban J connectivity index is 1.35. The lowest BCUT2D eigenvalue weighted by molar-refractivity contribution is -0.115. The molecule has 0 spiro atoms. The van der Waals surface area contributed by atoms with Gasteiger partial charge in [0.15, 0.2) is 0 Å². The third-order valence-corrected chi connectivity index (χ3v) is 9.19. The van der Waals surface area contributed by atoms with Crippen LogP contribution in [0.5, 0.6) is 5.75 Å². The molecule has 0 saturated carbocycles. The van der Waals surface area contributed by atoms with Crippen LogP contribution in [-0.2, 0) is 26.0 Å². The van der Waals surface area contributed by atoms with E-state index in [1.165, 1.54) is 11.3 Å². The second-order valence-corrected chi connectivity index (χ2v) is 11.5. The normalized spacial score (nSPS) is 20.1. The smallest absolute Gasteiger partial charge is 0.252 e. The number of nitrogens with one attached hydrogen (secondary N) is 1. The summed E-state index contributed by atoms with van der Waals surface area (Å²) < 4.78 is 39.2. The maximum absolute atomic E-state index is 12.8. The van der Waals surface area contributed by atoms with Gasteiger partial charge in [-0.2, -0.15) is 4.31 Å². The molecule has 9 heteroatoms. The van der Waals surface area contributed by atoms with Crippen molar-refractivity contribution in [3.63, 3.8) is 0 Å². The highest BCUT2D eigenvalue weighted by atomic mass is 32.2. The quantitative estimate of drug-likeness (QED) is 0.619. The van der Waals surface area contributed by atoms with Crippen molar-refractivity contribution in [2.24, 2.45) is 0 Å². The van der Waals surface area contributed by atoms with E-state index in [1.54, 1.807) is 22.5 Å². The molecule has 1 amide bonds. The van der Waals surface area contributed by atoms with E-state index >= 15 is 0 Å². The number of para-hydroxylation sites is 2. The molecular weight excluding hydrogens is 448 g/mol. The van der Waals surface area contributed by atoms with Crippen LogP contribution in [0.3, 0.4) is 0 Å². The standard InChI is InChI=1S/C23H30N2O5S2/c26-22(16-19-11-12-23(31-19)32(27,28)25-13-5-1-6-14-25)24-20-9-2-3-10-21(20)30-17-18-8-4-7-15-29-18/h2-3,9-12,18H,1,4-8,13-17H2,(H,24,26). The summed E-state index contributed by atoms with van der Waals surface area (Å²) in [7, 11) is -3.47. The lowest BCUT2D eigenvalue weighted by atomic mass is 10.1. The molecule has 3 heterocycles. The molecule has 174 valence electrons. The fourth-order valence-electron chi connectivity index (χ4n) is 3.99. The maximum atomic E-state index is 12.8. The zero-order chi connectivity index (χ0) is 22.4. The predicted molar refractivity (Wildman–Crippen MR) is 125 cm³/mol. The van der Waals surface area contributed by atoms with Crippen LogP contribution < -0.4 is 10.1 Å². The molecule has 0 bridgehead atoms. The summed E-state index contributed by atoms with van der Waals surface area (Å²) in [6.07, 6.45) is 6.27. The SMILES string of the molecule is O=C(Cc1ccc(S(=O)(=O)N2CCCCC2)s1)Nc1ccccc1OCC1CCCCO1. The number of rotatable bonds is 8. The maximum Gasteiger partial charge on any atom is 0.252 e. The summed E-state index contributed by atoms with van der Waals surface area (Å²) >= 11 is 1.17. The number of anilines is 1. The lowest BCUT2D eigenvalue weighted by Gasteiger charge is -2.25. The van der Waals surface area contributed by atoms with Crippen molar-refractivity contribution in [1.29, 1.82) is 0 Å². The van der Waals surface area contributed by atoms with Crippen molar-refractivity contribution >= 4 is 33.0 Å². The zero-order valence-electron chi connectivity index (χ0n) is 18.1. The van der Waals surface area contributed by atoms with E-state index in [2.05, 4.69) is 5.32 Å². The lowest BCUT2D eigenvalue weighted by Crippen LogP contribution is -2.35. The minimum Gasteiger partial charge on any atom is -0.489 e. The van der Waals surface area contributed by atoms with E-state index < -0.39 is 10.0 Å². The molecule has 7 nitrogen and oxygen atoms in total. The number of benzene rings is 1. The highest BCUT2D eigenvalue weighted by Crippen LogP contribution is 2.29. The van der Waals surface area contributed by atoms with Crippen molar-refractivity contribution < 1.29 is 22.7 Å². The summed E-state index contributed by atoms with van der Waals surface area (Å²) in [5.74, 6) is 0.397. The molecule has 1 atom stereocenters. The van der Waals surface area contributed by atoms with Gasteiger partial charge in [-0.1, -0.05) is 18.6 Å². The van der Waals surface area contributed by atoms with Crippen LogP contribution in [0, 0.1) is 0 Å². The topological polar surface area (TPSA) is 84.9 Å². The Kier molecular flexibility index (Phi) is 7.83. The summed E-state index contributed by atoms with van der Waals surface area (Å²) in [6, 6.07) is 10.7. The minimum absolute atomic E-state index is 0.0823. The van der Waals surface area contributed by atoms with Crippen molar-refractivity contribution in [2.75, 3.05) is 31.6 Å². The molecule has 2 aliphatic heterocycles. The monoisotopic (exact) mass is 478 g/mol. The van der Waals surface area contributed by atoms with Gasteiger partial charge in [0.2, 0.25) is 5.91 Å². The Hall–Kier alpha value is -1.94. The number of sulfonamides is 1. The molecule has 2 saturated heterocycles. The highest BCUT2D eigenvalue weighted by Gasteiger charge is 2.27. The molecule has 1 aromatic heterocycles. The second kappa shape index (κ2) is 10.8. The molecule has 0 aliphatic carbocycles. The van der Waals surface area contributed by atoms with Crippen LogP contribution in [0.4, 0.5) is 5.69 Å². The van der Waals surface area contributed by atoms with Gasteiger partial charge >= 0.3 is 0 Å². The van der Waals surface area contributed by atoms with E-state index in [-0.39, 0.29) is 18.4 Å². The van der Waals surface area contributed by atoms with Gasteiger partial charge in [0.05, 0.1) is 18.2 Å². The third kappa shape index (κ3) is 5.89. The molecule has 1 unspecified atom stereocenters. The first-order valence-corrected chi connectivity index (χ1v) is 13.5. The van der Waals surface area contributed by atoms with Crippen LogP contribution in [0.2, 0.25) is 0 Å². The third-order valence-electron chi connectivity index (χ3n) is 5.74. The summed E-state index contributed by atoms with van der Waals surface area (Å²) in [5, 5.41) is 2.90. The fraction of sp³-hybridized carbons (Fsp3) is 0.522. The number of ether oxygens (including phenoxy) is 2. The largest absolute Gasteiger partial charge is 0.489 e. The first kappa shape index (κ1) is 23.2. The average Bonchev–Trinajstić information content (AvgIpc) is 3.29. The van der Waals surface area contributed by atoms with Crippen LogP contribution in [0.25, 0.3) is 0 Å². The van der Waals surface area contributed by atoms with Gasteiger partial charge < -0.3 is 14.8 Å². The molecular formula is C23H30N2O5S2. The second-order valence-electron chi connectivity index (χ2n) is 8.21. The summed E-state index contributed by atoms with van der Waals surface area (Å²) in [4.78, 5) is 13.4. The minimum atomic E-state index is -3.47. The average molecular weight is 479 g/mol. The predicted octanol–water partition coefficient (Wildman–Crippen LogP) is 4.05. The first-order chi connectivity index (χ1) is 15.5. The fourth-order valence-corrected chi connectivity index (χ4v) is 7.02. The number of carbonyl (C=O) groups excluding carboxylic acids is 1. The number of amides is 1. The Morgan fingerprint density at radius 3 is 2.69 bits per heavy atom. The zero-order valence-corrected chi connectivity index (χ0v) is 19.8. The summed E-state index contributed by atoms with van der Waals surface area (Å²) in [5.41, 5.74) is 0.603. The number of piperidine rings is 1. The van der Waals surface area contributed by atoms with Gasteiger partial charge in [0.1, 0.15) is 16.6 Å². The number of thiophene rings is 1. The van der Waals surface area contributed by atoms with Gasteiger partial charge in [0.25, 0.3) is 10.0 Å². The van der Waals surface area contributed by atoms with Gasteiger partial charge in [-0.15, -0.1) is 11.3 Å². The van der Waals surface area contributed by atoms with Gasteiger partial charge in [-0.3, -0.25) is 4.79 Å². The van der Waals surface area contributed by atoms with E-state index in [1.807, 2.05) is 18.2 Å². The Bertz CT molecular complexity index is 1010. The van der Waals surface area contributed by atoms with E-state index in [0.29, 0.717) is 40.2 Å². The van der Waals surface area contributed by atoms with E-state index in [4.69, 9.17) is 9.47 Å². The van der Waals surface area contributed by atoms with Crippen molar-refractivity contribution in [2.45, 2.75) is 55.3 Å². The molecule has 4 rings (SSSR count). The van der Waals surface area contributed by atoms with Crippen LogP contribution in [-0.4, -0.2) is 51.0 Å². The highest BCUT2D eigenvalue weighted by molar-refractivity contribution is 7.91. The molecule has 2 fully saturated rings. The first-order valence-electron chi connectivity index (χ1n) is 11.2. The molecule has 32 heavy (non-hydrogen) atoms. The number of hydrogen-bond donors (Lipinski definition) is 1.